The first kappa shape index (κ1) is 12.9. The molecule has 1 heterocycles. The van der Waals surface area contributed by atoms with Gasteiger partial charge in [0.25, 0.3) is 0 Å². The van der Waals surface area contributed by atoms with Crippen molar-refractivity contribution in [3.63, 3.8) is 0 Å². The third-order valence-electron chi connectivity index (χ3n) is 4.70. The van der Waals surface area contributed by atoms with Crippen LogP contribution in [0.2, 0.25) is 0 Å². The van der Waals surface area contributed by atoms with Gasteiger partial charge in [-0.3, -0.25) is 0 Å². The second kappa shape index (κ2) is 4.96. The molecule has 1 N–H and O–H groups in total. The molecule has 2 atom stereocenters. The Bertz CT molecular complexity index is 304. The number of aliphatic hydroxyl groups is 1. The van der Waals surface area contributed by atoms with Crippen LogP contribution in [0.1, 0.15) is 58.3 Å². The molecule has 96 valence electrons. The third-order valence-corrected chi connectivity index (χ3v) is 4.70. The summed E-state index contributed by atoms with van der Waals surface area (Å²) in [6, 6.07) is 2.47. The minimum atomic E-state index is -0.818. The van der Waals surface area contributed by atoms with E-state index in [0.29, 0.717) is 19.4 Å². The first-order valence-electron chi connectivity index (χ1n) is 6.91. The van der Waals surface area contributed by atoms with Gasteiger partial charge in [0, 0.05) is 19.4 Å². The van der Waals surface area contributed by atoms with Crippen LogP contribution in [-0.2, 0) is 4.74 Å². The van der Waals surface area contributed by atoms with Gasteiger partial charge in [0.15, 0.2) is 0 Å². The molecule has 0 bridgehead atoms. The summed E-state index contributed by atoms with van der Waals surface area (Å²) in [6.07, 6.45) is 7.37. The molecule has 0 aromatic carbocycles. The van der Waals surface area contributed by atoms with E-state index in [2.05, 4.69) is 13.0 Å². The fourth-order valence-electron chi connectivity index (χ4n) is 3.47. The minimum absolute atomic E-state index is 0.126. The maximum Gasteiger partial charge on any atom is 0.0879 e. The summed E-state index contributed by atoms with van der Waals surface area (Å²) >= 11 is 0. The van der Waals surface area contributed by atoms with E-state index in [1.807, 2.05) is 0 Å². The van der Waals surface area contributed by atoms with Gasteiger partial charge in [-0.1, -0.05) is 26.2 Å². The summed E-state index contributed by atoms with van der Waals surface area (Å²) in [5, 5.41) is 20.5. The van der Waals surface area contributed by atoms with Crippen LogP contribution < -0.4 is 0 Å². The van der Waals surface area contributed by atoms with Gasteiger partial charge in [0.05, 0.1) is 23.2 Å². The minimum Gasteiger partial charge on any atom is -0.388 e. The zero-order valence-electron chi connectivity index (χ0n) is 10.7. The second-order valence-electron chi connectivity index (χ2n) is 5.64. The first-order valence-corrected chi connectivity index (χ1v) is 6.91. The standard InChI is InChI=1S/C14H23NO2/c1-2-12-10-14(16,8-9-17-12)13(11-15)6-4-3-5-7-13/h12,16H,2-10H2,1H3. The van der Waals surface area contributed by atoms with Crippen molar-refractivity contribution in [2.24, 2.45) is 5.41 Å². The molecule has 1 aliphatic heterocycles. The fraction of sp³-hybridized carbons (Fsp3) is 0.929. The quantitative estimate of drug-likeness (QED) is 0.803. The topological polar surface area (TPSA) is 53.2 Å². The average Bonchev–Trinajstić information content (AvgIpc) is 2.39. The Morgan fingerprint density at radius 3 is 2.59 bits per heavy atom. The Hall–Kier alpha value is -0.590. The Kier molecular flexibility index (Phi) is 3.75. The van der Waals surface area contributed by atoms with Crippen molar-refractivity contribution in [2.75, 3.05) is 6.61 Å². The van der Waals surface area contributed by atoms with Crippen LogP contribution in [0.3, 0.4) is 0 Å². The third kappa shape index (κ3) is 2.21. The molecule has 0 aromatic rings. The van der Waals surface area contributed by atoms with Gasteiger partial charge in [-0.15, -0.1) is 0 Å². The van der Waals surface area contributed by atoms with Gasteiger partial charge in [-0.25, -0.2) is 0 Å². The number of nitrogens with zero attached hydrogens (tertiary/aromatic N) is 1. The molecule has 0 aromatic heterocycles. The summed E-state index contributed by atoms with van der Waals surface area (Å²) in [6.45, 7) is 2.68. The molecule has 2 unspecified atom stereocenters. The van der Waals surface area contributed by atoms with E-state index < -0.39 is 11.0 Å². The molecular formula is C14H23NO2. The Labute approximate surface area is 104 Å². The first-order chi connectivity index (χ1) is 8.16. The molecule has 0 radical (unpaired) electrons. The molecule has 1 aliphatic carbocycles. The predicted octanol–water partition coefficient (Wildman–Crippen LogP) is 2.78. The molecule has 3 nitrogen and oxygen atoms in total. The maximum absolute atomic E-state index is 10.9. The molecule has 2 aliphatic rings. The molecule has 17 heavy (non-hydrogen) atoms. The van der Waals surface area contributed by atoms with Crippen molar-refractivity contribution in [2.45, 2.75) is 70.0 Å². The van der Waals surface area contributed by atoms with Crippen molar-refractivity contribution >= 4 is 0 Å². The Morgan fingerprint density at radius 1 is 1.29 bits per heavy atom. The summed E-state index contributed by atoms with van der Waals surface area (Å²) in [7, 11) is 0. The van der Waals surface area contributed by atoms with Crippen LogP contribution in [0.4, 0.5) is 0 Å². The number of hydrogen-bond donors (Lipinski definition) is 1. The van der Waals surface area contributed by atoms with Gasteiger partial charge >= 0.3 is 0 Å². The van der Waals surface area contributed by atoms with Gasteiger partial charge in [-0.2, -0.15) is 5.26 Å². The van der Waals surface area contributed by atoms with Crippen LogP contribution in [0.15, 0.2) is 0 Å². The fourth-order valence-corrected chi connectivity index (χ4v) is 3.47. The molecule has 0 spiro atoms. The van der Waals surface area contributed by atoms with Crippen LogP contribution in [-0.4, -0.2) is 23.4 Å². The molecule has 2 fully saturated rings. The number of nitriles is 1. The Balaban J connectivity index is 2.19. The summed E-state index contributed by atoms with van der Waals surface area (Å²) in [4.78, 5) is 0. The SMILES string of the molecule is CCC1CC(O)(C2(C#N)CCCCC2)CCO1. The maximum atomic E-state index is 10.9. The lowest BCUT2D eigenvalue weighted by molar-refractivity contribution is -0.160. The highest BCUT2D eigenvalue weighted by molar-refractivity contribution is 5.13. The van der Waals surface area contributed by atoms with Crippen molar-refractivity contribution in [3.05, 3.63) is 0 Å². The number of ether oxygens (including phenoxy) is 1. The van der Waals surface area contributed by atoms with Crippen LogP contribution in [0, 0.1) is 16.7 Å². The van der Waals surface area contributed by atoms with Crippen molar-refractivity contribution in [1.29, 1.82) is 5.26 Å². The average molecular weight is 237 g/mol. The monoisotopic (exact) mass is 237 g/mol. The van der Waals surface area contributed by atoms with E-state index in [9.17, 15) is 10.4 Å². The van der Waals surface area contributed by atoms with Crippen molar-refractivity contribution in [1.82, 2.24) is 0 Å². The number of rotatable bonds is 2. The normalized spacial score (nSPS) is 37.4. The second-order valence-corrected chi connectivity index (χ2v) is 5.64. The zero-order valence-corrected chi connectivity index (χ0v) is 10.7. The summed E-state index contributed by atoms with van der Waals surface area (Å²) in [5.74, 6) is 0. The van der Waals surface area contributed by atoms with Gasteiger partial charge in [0.1, 0.15) is 0 Å². The molecule has 2 rings (SSSR count). The largest absolute Gasteiger partial charge is 0.388 e. The van der Waals surface area contributed by atoms with E-state index >= 15 is 0 Å². The smallest absolute Gasteiger partial charge is 0.0879 e. The highest BCUT2D eigenvalue weighted by Crippen LogP contribution is 2.49. The van der Waals surface area contributed by atoms with E-state index in [-0.39, 0.29) is 6.10 Å². The lowest BCUT2D eigenvalue weighted by atomic mass is 9.60. The molecule has 1 saturated heterocycles. The zero-order chi connectivity index (χ0) is 12.4. The van der Waals surface area contributed by atoms with E-state index in [0.717, 1.165) is 32.1 Å². The van der Waals surface area contributed by atoms with E-state index in [1.54, 1.807) is 0 Å². The van der Waals surface area contributed by atoms with Crippen LogP contribution in [0.25, 0.3) is 0 Å². The predicted molar refractivity (Wildman–Crippen MR) is 65.3 cm³/mol. The molecule has 1 saturated carbocycles. The summed E-state index contributed by atoms with van der Waals surface area (Å²) in [5.41, 5.74) is -1.33. The highest BCUT2D eigenvalue weighted by atomic mass is 16.5. The van der Waals surface area contributed by atoms with E-state index in [1.165, 1.54) is 6.42 Å². The van der Waals surface area contributed by atoms with Gasteiger partial charge < -0.3 is 9.84 Å². The lowest BCUT2D eigenvalue weighted by Gasteiger charge is -2.48. The molecular weight excluding hydrogens is 214 g/mol. The van der Waals surface area contributed by atoms with E-state index in [4.69, 9.17) is 4.74 Å². The molecule has 3 heteroatoms. The van der Waals surface area contributed by atoms with Gasteiger partial charge in [0.2, 0.25) is 0 Å². The van der Waals surface area contributed by atoms with Crippen molar-refractivity contribution in [3.8, 4) is 6.07 Å². The Morgan fingerprint density at radius 2 is 2.00 bits per heavy atom. The van der Waals surface area contributed by atoms with Crippen molar-refractivity contribution < 1.29 is 9.84 Å². The van der Waals surface area contributed by atoms with Crippen LogP contribution >= 0.6 is 0 Å². The highest BCUT2D eigenvalue weighted by Gasteiger charge is 2.53. The van der Waals surface area contributed by atoms with Gasteiger partial charge in [-0.05, 0) is 19.3 Å². The number of hydrogen-bond acceptors (Lipinski definition) is 3. The summed E-state index contributed by atoms with van der Waals surface area (Å²) < 4.78 is 5.63. The molecule has 0 amide bonds. The van der Waals surface area contributed by atoms with Crippen LogP contribution in [0.5, 0.6) is 0 Å². The lowest BCUT2D eigenvalue weighted by Crippen LogP contribution is -2.54.